The molecule has 1 aromatic heterocycles. The molecule has 0 saturated heterocycles. The Morgan fingerprint density at radius 2 is 1.37 bits per heavy atom. The second-order valence-corrected chi connectivity index (χ2v) is 4.66. The zero-order valence-corrected chi connectivity index (χ0v) is 11.6. The largest absolute Gasteiger partial charge is 0.368 e. The first kappa shape index (κ1) is 13.1. The van der Waals surface area contributed by atoms with Gasteiger partial charge in [0.15, 0.2) is 0 Å². The summed E-state index contributed by atoms with van der Waals surface area (Å²) in [6, 6.07) is 4.24. The lowest BCUT2D eigenvalue weighted by atomic mass is 10.0. The predicted octanol–water partition coefficient (Wildman–Crippen LogP) is 1.73. The number of aromatic nitrogens is 3. The molecule has 4 N–H and O–H groups in total. The molecule has 0 aliphatic carbocycles. The lowest BCUT2D eigenvalue weighted by Crippen LogP contribution is -2.18. The highest BCUT2D eigenvalue weighted by molar-refractivity contribution is 5.66. The van der Waals surface area contributed by atoms with Crippen LogP contribution >= 0.6 is 0 Å². The van der Waals surface area contributed by atoms with Crippen molar-refractivity contribution in [3.63, 3.8) is 0 Å². The van der Waals surface area contributed by atoms with Gasteiger partial charge in [0, 0.05) is 12.7 Å². The summed E-state index contributed by atoms with van der Waals surface area (Å²) in [5.74, 6) is 0.689. The first-order chi connectivity index (χ1) is 8.88. The van der Waals surface area contributed by atoms with Crippen LogP contribution < -0.4 is 16.4 Å². The minimum Gasteiger partial charge on any atom is -0.368 e. The molecular formula is C13H18N6. The van der Waals surface area contributed by atoms with E-state index in [1.807, 2.05) is 11.9 Å². The van der Waals surface area contributed by atoms with Gasteiger partial charge in [0.25, 0.3) is 0 Å². The number of nitrogens with zero attached hydrogens (tertiary/aromatic N) is 4. The van der Waals surface area contributed by atoms with Gasteiger partial charge in [0.2, 0.25) is 17.8 Å². The number of hydrogen-bond acceptors (Lipinski definition) is 6. The van der Waals surface area contributed by atoms with Crippen molar-refractivity contribution in [3.05, 3.63) is 28.8 Å². The number of anilines is 4. The van der Waals surface area contributed by atoms with E-state index in [1.165, 1.54) is 5.56 Å². The number of rotatable bonds is 2. The number of hydrogen-bond donors (Lipinski definition) is 2. The van der Waals surface area contributed by atoms with Gasteiger partial charge in [0.1, 0.15) is 0 Å². The minimum atomic E-state index is 0.122. The Morgan fingerprint density at radius 1 is 0.895 bits per heavy atom. The maximum atomic E-state index is 5.61. The Labute approximate surface area is 112 Å². The van der Waals surface area contributed by atoms with Crippen molar-refractivity contribution in [1.29, 1.82) is 0 Å². The third-order valence-corrected chi connectivity index (χ3v) is 2.93. The lowest BCUT2D eigenvalue weighted by Gasteiger charge is -2.22. The van der Waals surface area contributed by atoms with Crippen LogP contribution in [0.2, 0.25) is 0 Å². The molecule has 0 aliphatic rings. The molecule has 0 fully saturated rings. The van der Waals surface area contributed by atoms with Gasteiger partial charge in [-0.3, -0.25) is 0 Å². The first-order valence-corrected chi connectivity index (χ1v) is 5.97. The molecule has 1 heterocycles. The Kier molecular flexibility index (Phi) is 3.25. The van der Waals surface area contributed by atoms with Crippen molar-refractivity contribution in [2.75, 3.05) is 23.4 Å². The molecule has 2 rings (SSSR count). The van der Waals surface area contributed by atoms with E-state index >= 15 is 0 Å². The minimum absolute atomic E-state index is 0.122. The monoisotopic (exact) mass is 258 g/mol. The highest BCUT2D eigenvalue weighted by Gasteiger charge is 2.14. The van der Waals surface area contributed by atoms with E-state index in [-0.39, 0.29) is 11.9 Å². The Morgan fingerprint density at radius 3 is 1.84 bits per heavy atom. The van der Waals surface area contributed by atoms with E-state index < -0.39 is 0 Å². The average Bonchev–Trinajstić information content (AvgIpc) is 2.25. The quantitative estimate of drug-likeness (QED) is 0.852. The normalized spacial score (nSPS) is 10.5. The molecule has 19 heavy (non-hydrogen) atoms. The summed E-state index contributed by atoms with van der Waals surface area (Å²) in [5, 5.41) is 0. The van der Waals surface area contributed by atoms with E-state index in [2.05, 4.69) is 47.9 Å². The van der Waals surface area contributed by atoms with Gasteiger partial charge in [-0.25, -0.2) is 0 Å². The Balaban J connectivity index is 2.52. The van der Waals surface area contributed by atoms with Crippen molar-refractivity contribution < 1.29 is 0 Å². The van der Waals surface area contributed by atoms with Gasteiger partial charge in [0.05, 0.1) is 0 Å². The third kappa shape index (κ3) is 2.57. The summed E-state index contributed by atoms with van der Waals surface area (Å²) in [6.45, 7) is 6.18. The molecule has 0 amide bonds. The maximum Gasteiger partial charge on any atom is 0.236 e. The van der Waals surface area contributed by atoms with Gasteiger partial charge in [-0.1, -0.05) is 17.7 Å². The van der Waals surface area contributed by atoms with Crippen LogP contribution in [0.25, 0.3) is 0 Å². The average molecular weight is 258 g/mol. The van der Waals surface area contributed by atoms with Crippen LogP contribution in [0, 0.1) is 20.8 Å². The Hall–Kier alpha value is -2.37. The van der Waals surface area contributed by atoms with Crippen molar-refractivity contribution in [1.82, 2.24) is 15.0 Å². The van der Waals surface area contributed by atoms with Gasteiger partial charge >= 0.3 is 0 Å². The van der Waals surface area contributed by atoms with Gasteiger partial charge in [-0.05, 0) is 31.9 Å². The lowest BCUT2D eigenvalue weighted by molar-refractivity contribution is 0.996. The third-order valence-electron chi connectivity index (χ3n) is 2.93. The number of benzene rings is 1. The molecule has 0 saturated carbocycles. The predicted molar refractivity (Wildman–Crippen MR) is 77.4 cm³/mol. The molecule has 100 valence electrons. The molecule has 0 aliphatic heterocycles. The van der Waals surface area contributed by atoms with E-state index in [1.54, 1.807) is 0 Å². The molecule has 0 radical (unpaired) electrons. The summed E-state index contributed by atoms with van der Waals surface area (Å²) >= 11 is 0. The van der Waals surface area contributed by atoms with Gasteiger partial charge < -0.3 is 16.4 Å². The van der Waals surface area contributed by atoms with Crippen molar-refractivity contribution in [2.45, 2.75) is 20.8 Å². The molecule has 0 atom stereocenters. The van der Waals surface area contributed by atoms with Crippen molar-refractivity contribution in [3.8, 4) is 0 Å². The van der Waals surface area contributed by atoms with Crippen LogP contribution in [0.5, 0.6) is 0 Å². The zero-order chi connectivity index (χ0) is 14.2. The highest BCUT2D eigenvalue weighted by Crippen LogP contribution is 2.29. The topological polar surface area (TPSA) is 94.0 Å². The second kappa shape index (κ2) is 4.72. The summed E-state index contributed by atoms with van der Waals surface area (Å²) in [4.78, 5) is 13.9. The molecule has 1 aromatic carbocycles. The molecule has 2 aromatic rings. The van der Waals surface area contributed by atoms with E-state index in [9.17, 15) is 0 Å². The van der Waals surface area contributed by atoms with E-state index in [4.69, 9.17) is 11.5 Å². The fourth-order valence-corrected chi connectivity index (χ4v) is 2.35. The second-order valence-electron chi connectivity index (χ2n) is 4.66. The van der Waals surface area contributed by atoms with Crippen LogP contribution in [0.3, 0.4) is 0 Å². The van der Waals surface area contributed by atoms with Crippen molar-refractivity contribution >= 4 is 23.5 Å². The number of aryl methyl sites for hydroxylation is 3. The number of nitrogen functional groups attached to an aromatic ring is 2. The molecule has 0 spiro atoms. The smallest absolute Gasteiger partial charge is 0.236 e. The molecule has 0 bridgehead atoms. The fourth-order valence-electron chi connectivity index (χ4n) is 2.35. The molecule has 6 nitrogen and oxygen atoms in total. The molecule has 0 unspecified atom stereocenters. The first-order valence-electron chi connectivity index (χ1n) is 5.97. The fraction of sp³-hybridized carbons (Fsp3) is 0.308. The van der Waals surface area contributed by atoms with Crippen LogP contribution in [0.1, 0.15) is 16.7 Å². The Bertz CT molecular complexity index is 579. The zero-order valence-electron chi connectivity index (χ0n) is 11.6. The van der Waals surface area contributed by atoms with Crippen LogP contribution in [0.4, 0.5) is 23.5 Å². The summed E-state index contributed by atoms with van der Waals surface area (Å²) in [7, 11) is 1.89. The van der Waals surface area contributed by atoms with E-state index in [0.29, 0.717) is 5.95 Å². The maximum absolute atomic E-state index is 5.61. The highest BCUT2D eigenvalue weighted by atomic mass is 15.3. The molecule has 6 heteroatoms. The number of nitrogens with two attached hydrogens (primary N) is 2. The van der Waals surface area contributed by atoms with Gasteiger partial charge in [-0.2, -0.15) is 15.0 Å². The summed E-state index contributed by atoms with van der Waals surface area (Å²) in [5.41, 5.74) is 15.8. The van der Waals surface area contributed by atoms with Crippen LogP contribution in [0.15, 0.2) is 12.1 Å². The summed E-state index contributed by atoms with van der Waals surface area (Å²) < 4.78 is 0. The van der Waals surface area contributed by atoms with Crippen LogP contribution in [-0.4, -0.2) is 22.0 Å². The van der Waals surface area contributed by atoms with Crippen molar-refractivity contribution in [2.24, 2.45) is 0 Å². The molecular weight excluding hydrogens is 240 g/mol. The SMILES string of the molecule is Cc1cc(C)c(N(C)c2nc(N)nc(N)n2)c(C)c1. The standard InChI is InChI=1S/C13H18N6/c1-7-5-8(2)10(9(3)6-7)19(4)13-17-11(14)16-12(15)18-13/h5-6H,1-4H3,(H4,14,15,16,17,18). The van der Waals surface area contributed by atoms with Crippen LogP contribution in [-0.2, 0) is 0 Å². The summed E-state index contributed by atoms with van der Waals surface area (Å²) in [6.07, 6.45) is 0. The van der Waals surface area contributed by atoms with E-state index in [0.717, 1.165) is 16.8 Å². The van der Waals surface area contributed by atoms with Gasteiger partial charge in [-0.15, -0.1) is 0 Å².